The standard InChI is InChI=1S/C9H5Cl2IN4/c10-4-1-2-6(12)5(3-4)7-14-8(11)16-9(13)15-7/h1-3H,(H2,13,14,15,16). The van der Waals surface area contributed by atoms with E-state index in [-0.39, 0.29) is 11.2 Å². The zero-order valence-electron chi connectivity index (χ0n) is 7.78. The van der Waals surface area contributed by atoms with Crippen LogP contribution in [0.1, 0.15) is 0 Å². The largest absolute Gasteiger partial charge is 0.368 e. The van der Waals surface area contributed by atoms with Gasteiger partial charge in [-0.3, -0.25) is 0 Å². The van der Waals surface area contributed by atoms with Crippen molar-refractivity contribution in [3.8, 4) is 11.4 Å². The van der Waals surface area contributed by atoms with Crippen LogP contribution in [0.3, 0.4) is 0 Å². The Morgan fingerprint density at radius 1 is 1.12 bits per heavy atom. The van der Waals surface area contributed by atoms with E-state index in [1.807, 2.05) is 6.07 Å². The van der Waals surface area contributed by atoms with E-state index in [0.29, 0.717) is 10.8 Å². The van der Waals surface area contributed by atoms with E-state index < -0.39 is 0 Å². The molecule has 2 rings (SSSR count). The van der Waals surface area contributed by atoms with E-state index in [1.54, 1.807) is 12.1 Å². The van der Waals surface area contributed by atoms with Gasteiger partial charge in [0.1, 0.15) is 0 Å². The Kier molecular flexibility index (Phi) is 3.46. The molecule has 0 atom stereocenters. The molecular weight excluding hydrogens is 362 g/mol. The summed E-state index contributed by atoms with van der Waals surface area (Å²) in [5.41, 5.74) is 6.28. The fraction of sp³-hybridized carbons (Fsp3) is 0. The van der Waals surface area contributed by atoms with Gasteiger partial charge in [0, 0.05) is 14.2 Å². The van der Waals surface area contributed by atoms with Crippen molar-refractivity contribution in [3.05, 3.63) is 32.1 Å². The monoisotopic (exact) mass is 366 g/mol. The number of benzene rings is 1. The average molecular weight is 367 g/mol. The highest BCUT2D eigenvalue weighted by molar-refractivity contribution is 14.1. The van der Waals surface area contributed by atoms with Crippen molar-refractivity contribution in [1.29, 1.82) is 0 Å². The van der Waals surface area contributed by atoms with E-state index in [9.17, 15) is 0 Å². The second-order valence-electron chi connectivity index (χ2n) is 2.91. The van der Waals surface area contributed by atoms with Crippen LogP contribution in [0, 0.1) is 3.57 Å². The van der Waals surface area contributed by atoms with Gasteiger partial charge < -0.3 is 5.73 Å². The number of aromatic nitrogens is 3. The van der Waals surface area contributed by atoms with E-state index in [1.165, 1.54) is 0 Å². The first-order chi connectivity index (χ1) is 7.56. The van der Waals surface area contributed by atoms with Crippen LogP contribution < -0.4 is 5.73 Å². The van der Waals surface area contributed by atoms with Crippen LogP contribution in [-0.4, -0.2) is 15.0 Å². The number of nitrogens with two attached hydrogens (primary N) is 1. The molecule has 16 heavy (non-hydrogen) atoms. The Morgan fingerprint density at radius 2 is 1.88 bits per heavy atom. The highest BCUT2D eigenvalue weighted by Crippen LogP contribution is 2.26. The summed E-state index contributed by atoms with van der Waals surface area (Å²) < 4.78 is 0.962. The summed E-state index contributed by atoms with van der Waals surface area (Å²) in [6.45, 7) is 0. The summed E-state index contributed by atoms with van der Waals surface area (Å²) in [6.07, 6.45) is 0. The number of hydrogen-bond acceptors (Lipinski definition) is 4. The first-order valence-electron chi connectivity index (χ1n) is 4.19. The molecule has 0 radical (unpaired) electrons. The lowest BCUT2D eigenvalue weighted by atomic mass is 10.2. The summed E-state index contributed by atoms with van der Waals surface area (Å²) in [4.78, 5) is 11.7. The first kappa shape index (κ1) is 11.8. The van der Waals surface area contributed by atoms with Gasteiger partial charge in [-0.15, -0.1) is 0 Å². The molecule has 1 aromatic carbocycles. The smallest absolute Gasteiger partial charge is 0.227 e. The Hall–Kier alpha value is -0.660. The Balaban J connectivity index is 2.62. The van der Waals surface area contributed by atoms with Crippen molar-refractivity contribution in [2.75, 3.05) is 5.73 Å². The number of rotatable bonds is 1. The van der Waals surface area contributed by atoms with Crippen molar-refractivity contribution < 1.29 is 0 Å². The van der Waals surface area contributed by atoms with Gasteiger partial charge in [0.2, 0.25) is 11.2 Å². The van der Waals surface area contributed by atoms with Crippen LogP contribution in [-0.2, 0) is 0 Å². The molecule has 82 valence electrons. The van der Waals surface area contributed by atoms with Crippen LogP contribution in [0.2, 0.25) is 10.3 Å². The van der Waals surface area contributed by atoms with Crippen LogP contribution in [0.4, 0.5) is 5.95 Å². The topological polar surface area (TPSA) is 64.7 Å². The number of anilines is 1. The lowest BCUT2D eigenvalue weighted by Gasteiger charge is -2.04. The quantitative estimate of drug-likeness (QED) is 0.788. The molecule has 0 bridgehead atoms. The van der Waals surface area contributed by atoms with Gasteiger partial charge in [-0.25, -0.2) is 0 Å². The molecule has 1 aromatic heterocycles. The maximum absolute atomic E-state index is 5.91. The normalized spacial score (nSPS) is 10.4. The highest BCUT2D eigenvalue weighted by Gasteiger charge is 2.09. The van der Waals surface area contributed by atoms with Gasteiger partial charge in [0.25, 0.3) is 0 Å². The minimum atomic E-state index is 0.0678. The van der Waals surface area contributed by atoms with Crippen LogP contribution in [0.15, 0.2) is 18.2 Å². The molecule has 7 heteroatoms. The number of nitrogen functional groups attached to an aromatic ring is 1. The third kappa shape index (κ3) is 2.53. The second kappa shape index (κ2) is 4.68. The summed E-state index contributed by atoms with van der Waals surface area (Å²) >= 11 is 13.8. The maximum Gasteiger partial charge on any atom is 0.227 e. The molecule has 2 aromatic rings. The summed E-state index contributed by atoms with van der Waals surface area (Å²) in [5, 5.41) is 0.670. The number of nitrogens with zero attached hydrogens (tertiary/aromatic N) is 3. The molecule has 0 aliphatic heterocycles. The minimum Gasteiger partial charge on any atom is -0.368 e. The summed E-state index contributed by atoms with van der Waals surface area (Å²) in [5.74, 6) is 0.509. The maximum atomic E-state index is 5.91. The Morgan fingerprint density at radius 3 is 2.56 bits per heavy atom. The summed E-state index contributed by atoms with van der Waals surface area (Å²) in [6, 6.07) is 5.42. The fourth-order valence-corrected chi connectivity index (χ4v) is 2.07. The molecule has 0 saturated carbocycles. The Bertz CT molecular complexity index is 527. The van der Waals surface area contributed by atoms with Crippen LogP contribution in [0.25, 0.3) is 11.4 Å². The third-order valence-corrected chi connectivity index (χ3v) is 3.14. The van der Waals surface area contributed by atoms with E-state index in [0.717, 1.165) is 9.13 Å². The van der Waals surface area contributed by atoms with Crippen molar-refractivity contribution in [3.63, 3.8) is 0 Å². The zero-order chi connectivity index (χ0) is 11.7. The van der Waals surface area contributed by atoms with Crippen LogP contribution in [0.5, 0.6) is 0 Å². The minimum absolute atomic E-state index is 0.0678. The molecule has 2 N–H and O–H groups in total. The number of halogens is 3. The average Bonchev–Trinajstić information content (AvgIpc) is 2.20. The lowest BCUT2D eigenvalue weighted by Crippen LogP contribution is -2.00. The molecule has 0 saturated heterocycles. The predicted molar refractivity (Wildman–Crippen MR) is 72.4 cm³/mol. The first-order valence-corrected chi connectivity index (χ1v) is 6.02. The van der Waals surface area contributed by atoms with Crippen molar-refractivity contribution in [2.45, 2.75) is 0 Å². The molecular formula is C9H5Cl2IN4. The van der Waals surface area contributed by atoms with Crippen molar-refractivity contribution >= 4 is 51.7 Å². The van der Waals surface area contributed by atoms with Gasteiger partial charge in [0.05, 0.1) is 0 Å². The van der Waals surface area contributed by atoms with Gasteiger partial charge in [-0.2, -0.15) is 15.0 Å². The predicted octanol–water partition coefficient (Wildman–Crippen LogP) is 3.03. The lowest BCUT2D eigenvalue weighted by molar-refractivity contribution is 1.07. The highest BCUT2D eigenvalue weighted by atomic mass is 127. The van der Waals surface area contributed by atoms with Gasteiger partial charge in [-0.1, -0.05) is 11.6 Å². The second-order valence-corrected chi connectivity index (χ2v) is 4.85. The van der Waals surface area contributed by atoms with Gasteiger partial charge >= 0.3 is 0 Å². The van der Waals surface area contributed by atoms with E-state index in [2.05, 4.69) is 37.5 Å². The van der Waals surface area contributed by atoms with Gasteiger partial charge in [0.15, 0.2) is 5.82 Å². The molecule has 0 fully saturated rings. The summed E-state index contributed by atoms with van der Waals surface area (Å²) in [7, 11) is 0. The zero-order valence-corrected chi connectivity index (χ0v) is 11.5. The molecule has 0 unspecified atom stereocenters. The Labute approximate surface area is 115 Å². The third-order valence-electron chi connectivity index (χ3n) is 1.79. The van der Waals surface area contributed by atoms with Crippen molar-refractivity contribution in [1.82, 2.24) is 15.0 Å². The van der Waals surface area contributed by atoms with Crippen molar-refractivity contribution in [2.24, 2.45) is 0 Å². The number of hydrogen-bond donors (Lipinski definition) is 1. The van der Waals surface area contributed by atoms with E-state index in [4.69, 9.17) is 28.9 Å². The SMILES string of the molecule is Nc1nc(Cl)nc(-c2cc(Cl)ccc2I)n1. The molecule has 0 spiro atoms. The van der Waals surface area contributed by atoms with Crippen LogP contribution >= 0.6 is 45.8 Å². The molecule has 0 amide bonds. The molecule has 4 nitrogen and oxygen atoms in total. The molecule has 0 aliphatic rings. The molecule has 0 aliphatic carbocycles. The van der Waals surface area contributed by atoms with Gasteiger partial charge in [-0.05, 0) is 52.4 Å². The fourth-order valence-electron chi connectivity index (χ4n) is 1.15. The molecule has 1 heterocycles. The van der Waals surface area contributed by atoms with E-state index >= 15 is 0 Å².